The molecule has 24 heavy (non-hydrogen) atoms. The van der Waals surface area contributed by atoms with Crippen LogP contribution in [0.2, 0.25) is 0 Å². The molecule has 2 fully saturated rings. The van der Waals surface area contributed by atoms with E-state index in [0.29, 0.717) is 33.4 Å². The minimum absolute atomic E-state index is 0.0727. The van der Waals surface area contributed by atoms with Crippen molar-refractivity contribution >= 4 is 21.8 Å². The zero-order valence-corrected chi connectivity index (χ0v) is 15.8. The van der Waals surface area contributed by atoms with Crippen molar-refractivity contribution in [3.05, 3.63) is 22.2 Å². The largest absolute Gasteiger partial charge is 0.495 e. The standard InChI is InChI=1S/C18H25BrN2O3/c1-23-14-8-12(9-15(24-2)16(14)19)18(22)21-17-10-4-3-5-11(17)7-13(20)6-10/h8-11,13,17H,3-7,20H2,1-2H3,(H,21,22). The van der Waals surface area contributed by atoms with Crippen molar-refractivity contribution in [1.82, 2.24) is 5.32 Å². The van der Waals surface area contributed by atoms with Gasteiger partial charge in [-0.05, 0) is 65.6 Å². The summed E-state index contributed by atoms with van der Waals surface area (Å²) in [5.74, 6) is 2.10. The van der Waals surface area contributed by atoms with Gasteiger partial charge in [0, 0.05) is 17.6 Å². The molecule has 132 valence electrons. The summed E-state index contributed by atoms with van der Waals surface area (Å²) in [4.78, 5) is 12.8. The van der Waals surface area contributed by atoms with E-state index in [0.717, 1.165) is 25.7 Å². The molecule has 2 unspecified atom stereocenters. The lowest BCUT2D eigenvalue weighted by molar-refractivity contribution is 0.0755. The third kappa shape index (κ3) is 3.40. The van der Waals surface area contributed by atoms with Gasteiger partial charge in [0.25, 0.3) is 5.91 Å². The highest BCUT2D eigenvalue weighted by Crippen LogP contribution is 2.40. The van der Waals surface area contributed by atoms with Gasteiger partial charge in [-0.2, -0.15) is 0 Å². The fraction of sp³-hybridized carbons (Fsp3) is 0.611. The molecular weight excluding hydrogens is 372 g/mol. The Morgan fingerprint density at radius 1 is 1.17 bits per heavy atom. The summed E-state index contributed by atoms with van der Waals surface area (Å²) in [6, 6.07) is 3.99. The highest BCUT2D eigenvalue weighted by molar-refractivity contribution is 9.10. The van der Waals surface area contributed by atoms with E-state index >= 15 is 0 Å². The third-order valence-electron chi connectivity index (χ3n) is 5.38. The van der Waals surface area contributed by atoms with Crippen molar-refractivity contribution in [2.75, 3.05) is 14.2 Å². The number of fused-ring (bicyclic) bond motifs is 2. The lowest BCUT2D eigenvalue weighted by atomic mass is 9.67. The predicted molar refractivity (Wildman–Crippen MR) is 96.5 cm³/mol. The van der Waals surface area contributed by atoms with Gasteiger partial charge in [0.15, 0.2) is 0 Å². The number of carbonyl (C=O) groups is 1. The summed E-state index contributed by atoms with van der Waals surface area (Å²) in [5.41, 5.74) is 6.73. The molecule has 1 aromatic carbocycles. The number of hydrogen-bond donors (Lipinski definition) is 2. The number of hydrogen-bond acceptors (Lipinski definition) is 4. The summed E-state index contributed by atoms with van der Waals surface area (Å²) in [6.07, 6.45) is 5.57. The quantitative estimate of drug-likeness (QED) is 0.819. The molecule has 0 heterocycles. The molecule has 0 spiro atoms. The molecule has 1 amide bonds. The first-order valence-corrected chi connectivity index (χ1v) is 9.30. The Balaban J connectivity index is 1.80. The van der Waals surface area contributed by atoms with Crippen LogP contribution < -0.4 is 20.5 Å². The first-order chi connectivity index (χ1) is 11.5. The van der Waals surface area contributed by atoms with E-state index in [4.69, 9.17) is 15.2 Å². The molecule has 3 N–H and O–H groups in total. The van der Waals surface area contributed by atoms with Gasteiger partial charge in [0.2, 0.25) is 0 Å². The molecule has 2 saturated carbocycles. The van der Waals surface area contributed by atoms with Gasteiger partial charge >= 0.3 is 0 Å². The number of amides is 1. The van der Waals surface area contributed by atoms with E-state index < -0.39 is 0 Å². The van der Waals surface area contributed by atoms with E-state index in [2.05, 4.69) is 21.2 Å². The number of benzene rings is 1. The fourth-order valence-electron chi connectivity index (χ4n) is 4.26. The van der Waals surface area contributed by atoms with E-state index in [1.165, 1.54) is 6.42 Å². The monoisotopic (exact) mass is 396 g/mol. The van der Waals surface area contributed by atoms with Crippen LogP contribution in [0, 0.1) is 11.8 Å². The number of rotatable bonds is 4. The van der Waals surface area contributed by atoms with Crippen LogP contribution >= 0.6 is 15.9 Å². The van der Waals surface area contributed by atoms with Crippen LogP contribution in [-0.4, -0.2) is 32.2 Å². The Morgan fingerprint density at radius 2 is 1.71 bits per heavy atom. The van der Waals surface area contributed by atoms with E-state index in [-0.39, 0.29) is 18.0 Å². The lowest BCUT2D eigenvalue weighted by Crippen LogP contribution is -2.53. The van der Waals surface area contributed by atoms with Crippen molar-refractivity contribution in [2.45, 2.75) is 44.2 Å². The zero-order chi connectivity index (χ0) is 17.3. The molecule has 5 nitrogen and oxygen atoms in total. The number of nitrogens with two attached hydrogens (primary N) is 1. The van der Waals surface area contributed by atoms with Gasteiger partial charge in [0.1, 0.15) is 16.0 Å². The summed E-state index contributed by atoms with van der Waals surface area (Å²) in [7, 11) is 3.16. The SMILES string of the molecule is COc1cc(C(=O)NC2C3CCCC2CC(N)C3)cc(OC)c1Br. The third-order valence-corrected chi connectivity index (χ3v) is 6.16. The van der Waals surface area contributed by atoms with E-state index in [9.17, 15) is 4.79 Å². The van der Waals surface area contributed by atoms with Crippen molar-refractivity contribution in [2.24, 2.45) is 17.6 Å². The summed E-state index contributed by atoms with van der Waals surface area (Å²) in [5, 5.41) is 3.26. The van der Waals surface area contributed by atoms with Crippen molar-refractivity contribution in [1.29, 1.82) is 0 Å². The maximum Gasteiger partial charge on any atom is 0.251 e. The lowest BCUT2D eigenvalue weighted by Gasteiger charge is -2.45. The number of halogens is 1. The molecule has 1 aromatic rings. The summed E-state index contributed by atoms with van der Waals surface area (Å²) >= 11 is 3.43. The number of ether oxygens (including phenoxy) is 2. The highest BCUT2D eigenvalue weighted by Gasteiger charge is 2.40. The average Bonchev–Trinajstić information content (AvgIpc) is 2.55. The van der Waals surface area contributed by atoms with Crippen LogP contribution in [0.1, 0.15) is 42.5 Å². The second-order valence-corrected chi connectivity index (χ2v) is 7.67. The molecule has 0 radical (unpaired) electrons. The smallest absolute Gasteiger partial charge is 0.251 e. The topological polar surface area (TPSA) is 73.6 Å². The van der Waals surface area contributed by atoms with Gasteiger partial charge in [-0.25, -0.2) is 0 Å². The van der Waals surface area contributed by atoms with E-state index in [1.807, 2.05) is 0 Å². The van der Waals surface area contributed by atoms with Gasteiger partial charge < -0.3 is 20.5 Å². The number of carbonyl (C=O) groups excluding carboxylic acids is 1. The molecule has 0 aromatic heterocycles. The second kappa shape index (κ2) is 7.31. The number of methoxy groups -OCH3 is 2. The Labute approximate surface area is 151 Å². The van der Waals surface area contributed by atoms with Crippen LogP contribution in [0.25, 0.3) is 0 Å². The Hall–Kier alpha value is -1.27. The van der Waals surface area contributed by atoms with Crippen LogP contribution in [0.4, 0.5) is 0 Å². The Kier molecular flexibility index (Phi) is 5.35. The normalized spacial score (nSPS) is 29.0. The van der Waals surface area contributed by atoms with Gasteiger partial charge in [-0.15, -0.1) is 0 Å². The van der Waals surface area contributed by atoms with Crippen molar-refractivity contribution in [3.63, 3.8) is 0 Å². The molecule has 2 aliphatic carbocycles. The van der Waals surface area contributed by atoms with E-state index in [1.54, 1.807) is 26.4 Å². The van der Waals surface area contributed by atoms with Gasteiger partial charge in [-0.3, -0.25) is 4.79 Å². The fourth-order valence-corrected chi connectivity index (χ4v) is 4.81. The molecule has 3 rings (SSSR count). The zero-order valence-electron chi connectivity index (χ0n) is 14.2. The Bertz CT molecular complexity index is 583. The highest BCUT2D eigenvalue weighted by atomic mass is 79.9. The van der Waals surface area contributed by atoms with Gasteiger partial charge in [0.05, 0.1) is 14.2 Å². The molecule has 2 atom stereocenters. The van der Waals surface area contributed by atoms with Gasteiger partial charge in [-0.1, -0.05) is 6.42 Å². The van der Waals surface area contributed by atoms with Crippen LogP contribution in [-0.2, 0) is 0 Å². The molecule has 6 heteroatoms. The molecular formula is C18H25BrN2O3. The summed E-state index contributed by atoms with van der Waals surface area (Å²) < 4.78 is 11.4. The Morgan fingerprint density at radius 3 is 2.21 bits per heavy atom. The van der Waals surface area contributed by atoms with Crippen molar-refractivity contribution in [3.8, 4) is 11.5 Å². The molecule has 0 saturated heterocycles. The minimum Gasteiger partial charge on any atom is -0.495 e. The summed E-state index contributed by atoms with van der Waals surface area (Å²) in [6.45, 7) is 0. The average molecular weight is 397 g/mol. The first-order valence-electron chi connectivity index (χ1n) is 8.51. The second-order valence-electron chi connectivity index (χ2n) is 6.88. The molecule has 2 bridgehead atoms. The maximum atomic E-state index is 12.8. The maximum absolute atomic E-state index is 12.8. The van der Waals surface area contributed by atoms with Crippen LogP contribution in [0.5, 0.6) is 11.5 Å². The van der Waals surface area contributed by atoms with Crippen LogP contribution in [0.15, 0.2) is 16.6 Å². The number of nitrogens with one attached hydrogen (secondary N) is 1. The molecule has 0 aliphatic heterocycles. The minimum atomic E-state index is -0.0727. The predicted octanol–water partition coefficient (Wildman–Crippen LogP) is 3.10. The molecule has 2 aliphatic rings. The van der Waals surface area contributed by atoms with Crippen molar-refractivity contribution < 1.29 is 14.3 Å². The first kappa shape index (κ1) is 17.5. The van der Waals surface area contributed by atoms with Crippen LogP contribution in [0.3, 0.4) is 0 Å².